The van der Waals surface area contributed by atoms with Gasteiger partial charge in [0.15, 0.2) is 6.29 Å². The standard InChI is InChI=1S/C5H11NO2/c1-4-3-6(2)8-5(4)7/h4-5,7H,3H2,1-2H3/t4-,5?/m0/s1. The summed E-state index contributed by atoms with van der Waals surface area (Å²) in [6.45, 7) is 2.77. The largest absolute Gasteiger partial charge is 0.366 e. The van der Waals surface area contributed by atoms with Crippen LogP contribution in [0.2, 0.25) is 0 Å². The molecule has 0 spiro atoms. The zero-order valence-electron chi connectivity index (χ0n) is 5.16. The Kier molecular flexibility index (Phi) is 1.51. The van der Waals surface area contributed by atoms with Crippen LogP contribution in [0.25, 0.3) is 0 Å². The molecular weight excluding hydrogens is 106 g/mol. The van der Waals surface area contributed by atoms with Gasteiger partial charge in [-0.05, 0) is 0 Å². The molecule has 1 unspecified atom stereocenters. The van der Waals surface area contributed by atoms with Crippen molar-refractivity contribution in [3.05, 3.63) is 0 Å². The van der Waals surface area contributed by atoms with Crippen molar-refractivity contribution in [2.24, 2.45) is 5.92 Å². The van der Waals surface area contributed by atoms with Crippen LogP contribution in [0.5, 0.6) is 0 Å². The smallest absolute Gasteiger partial charge is 0.178 e. The van der Waals surface area contributed by atoms with Crippen LogP contribution in [0, 0.1) is 5.92 Å². The SMILES string of the molecule is C[C@H]1CN(C)OC1O. The van der Waals surface area contributed by atoms with Crippen LogP contribution < -0.4 is 0 Å². The Hall–Kier alpha value is -0.120. The molecular formula is C5H11NO2. The highest BCUT2D eigenvalue weighted by Crippen LogP contribution is 2.14. The van der Waals surface area contributed by atoms with Crippen molar-refractivity contribution in [1.29, 1.82) is 0 Å². The van der Waals surface area contributed by atoms with E-state index in [1.807, 2.05) is 14.0 Å². The third kappa shape index (κ3) is 0.992. The van der Waals surface area contributed by atoms with Gasteiger partial charge in [-0.1, -0.05) is 6.92 Å². The van der Waals surface area contributed by atoms with Gasteiger partial charge in [-0.15, -0.1) is 0 Å². The predicted molar refractivity (Wildman–Crippen MR) is 28.9 cm³/mol. The molecule has 1 fully saturated rings. The molecule has 1 heterocycles. The number of hydrogen-bond acceptors (Lipinski definition) is 3. The van der Waals surface area contributed by atoms with Crippen molar-refractivity contribution in [2.45, 2.75) is 13.2 Å². The van der Waals surface area contributed by atoms with Crippen molar-refractivity contribution in [3.8, 4) is 0 Å². The summed E-state index contributed by atoms with van der Waals surface area (Å²) >= 11 is 0. The molecule has 1 rings (SSSR count). The lowest BCUT2D eigenvalue weighted by atomic mass is 10.2. The van der Waals surface area contributed by atoms with Crippen molar-refractivity contribution in [3.63, 3.8) is 0 Å². The van der Waals surface area contributed by atoms with Crippen molar-refractivity contribution in [2.75, 3.05) is 13.6 Å². The molecule has 0 saturated carbocycles. The van der Waals surface area contributed by atoms with E-state index in [0.29, 0.717) is 0 Å². The van der Waals surface area contributed by atoms with E-state index < -0.39 is 6.29 Å². The Balaban J connectivity index is 2.39. The third-order valence-corrected chi connectivity index (χ3v) is 1.32. The number of hydrogen-bond donors (Lipinski definition) is 1. The maximum absolute atomic E-state index is 8.90. The summed E-state index contributed by atoms with van der Waals surface area (Å²) in [7, 11) is 1.81. The first-order valence-corrected chi connectivity index (χ1v) is 2.76. The molecule has 48 valence electrons. The van der Waals surface area contributed by atoms with Gasteiger partial charge in [0.2, 0.25) is 0 Å². The van der Waals surface area contributed by atoms with Crippen LogP contribution in [0.3, 0.4) is 0 Å². The number of aliphatic hydroxyl groups excluding tert-OH is 1. The van der Waals surface area contributed by atoms with Gasteiger partial charge >= 0.3 is 0 Å². The number of aliphatic hydroxyl groups is 1. The zero-order valence-corrected chi connectivity index (χ0v) is 5.16. The highest BCUT2D eigenvalue weighted by molar-refractivity contribution is 4.62. The maximum atomic E-state index is 8.90. The first-order chi connectivity index (χ1) is 3.70. The quantitative estimate of drug-likeness (QED) is 0.477. The fraction of sp³-hybridized carbons (Fsp3) is 1.00. The fourth-order valence-electron chi connectivity index (χ4n) is 0.827. The molecule has 0 radical (unpaired) electrons. The van der Waals surface area contributed by atoms with Gasteiger partial charge in [0, 0.05) is 19.5 Å². The lowest BCUT2D eigenvalue weighted by Crippen LogP contribution is -2.12. The van der Waals surface area contributed by atoms with Gasteiger partial charge in [0.05, 0.1) is 0 Å². The number of hydroxylamine groups is 2. The molecule has 1 aliphatic rings. The van der Waals surface area contributed by atoms with Gasteiger partial charge in [-0.2, -0.15) is 5.06 Å². The molecule has 0 aromatic carbocycles. The van der Waals surface area contributed by atoms with Crippen LogP contribution >= 0.6 is 0 Å². The summed E-state index contributed by atoms with van der Waals surface area (Å²) in [5.41, 5.74) is 0. The monoisotopic (exact) mass is 117 g/mol. The summed E-state index contributed by atoms with van der Waals surface area (Å²) in [5.74, 6) is 0.250. The van der Waals surface area contributed by atoms with Crippen LogP contribution in [0.15, 0.2) is 0 Å². The topological polar surface area (TPSA) is 32.7 Å². The van der Waals surface area contributed by atoms with Crippen molar-refractivity contribution >= 4 is 0 Å². The molecule has 3 nitrogen and oxygen atoms in total. The Morgan fingerprint density at radius 2 is 2.38 bits per heavy atom. The molecule has 0 bridgehead atoms. The Bertz CT molecular complexity index is 76.5. The molecule has 2 atom stereocenters. The molecule has 1 saturated heterocycles. The number of rotatable bonds is 0. The number of nitrogens with zero attached hydrogens (tertiary/aromatic N) is 1. The minimum Gasteiger partial charge on any atom is -0.366 e. The second-order valence-corrected chi connectivity index (χ2v) is 2.28. The first kappa shape index (κ1) is 6.01. The summed E-state index contributed by atoms with van der Waals surface area (Å²) in [4.78, 5) is 4.86. The second kappa shape index (κ2) is 2.01. The van der Waals surface area contributed by atoms with Crippen molar-refractivity contribution < 1.29 is 9.94 Å². The molecule has 8 heavy (non-hydrogen) atoms. The summed E-state index contributed by atoms with van der Waals surface area (Å²) in [6, 6.07) is 0. The average molecular weight is 117 g/mol. The van der Waals surface area contributed by atoms with Crippen LogP contribution in [0.1, 0.15) is 6.92 Å². The molecule has 1 aliphatic heterocycles. The van der Waals surface area contributed by atoms with E-state index in [1.54, 1.807) is 5.06 Å². The van der Waals surface area contributed by atoms with E-state index in [4.69, 9.17) is 9.94 Å². The van der Waals surface area contributed by atoms with Crippen LogP contribution in [-0.4, -0.2) is 30.1 Å². The summed E-state index contributed by atoms with van der Waals surface area (Å²) < 4.78 is 0. The van der Waals surface area contributed by atoms with E-state index >= 15 is 0 Å². The van der Waals surface area contributed by atoms with Gasteiger partial charge in [0.1, 0.15) is 0 Å². The lowest BCUT2D eigenvalue weighted by Gasteiger charge is -2.04. The van der Waals surface area contributed by atoms with Gasteiger partial charge in [-0.3, -0.25) is 4.84 Å². The third-order valence-electron chi connectivity index (χ3n) is 1.32. The van der Waals surface area contributed by atoms with Crippen molar-refractivity contribution in [1.82, 2.24) is 5.06 Å². The minimum atomic E-state index is -0.583. The first-order valence-electron chi connectivity index (χ1n) is 2.76. The van der Waals surface area contributed by atoms with E-state index in [1.165, 1.54) is 0 Å². The average Bonchev–Trinajstić information content (AvgIpc) is 1.85. The van der Waals surface area contributed by atoms with Crippen LogP contribution in [-0.2, 0) is 4.84 Å². The molecule has 3 heteroatoms. The fourth-order valence-corrected chi connectivity index (χ4v) is 0.827. The normalized spacial score (nSPS) is 40.9. The van der Waals surface area contributed by atoms with Gasteiger partial charge < -0.3 is 5.11 Å². The molecule has 0 aliphatic carbocycles. The second-order valence-electron chi connectivity index (χ2n) is 2.28. The highest BCUT2D eigenvalue weighted by atomic mass is 16.8. The predicted octanol–water partition coefficient (Wildman–Crippen LogP) is -0.182. The molecule has 1 N–H and O–H groups in total. The van der Waals surface area contributed by atoms with E-state index in [9.17, 15) is 0 Å². The van der Waals surface area contributed by atoms with E-state index in [-0.39, 0.29) is 5.92 Å². The lowest BCUT2D eigenvalue weighted by molar-refractivity contribution is -0.205. The Morgan fingerprint density at radius 1 is 1.75 bits per heavy atom. The summed E-state index contributed by atoms with van der Waals surface area (Å²) in [6.07, 6.45) is -0.583. The Labute approximate surface area is 48.8 Å². The molecule has 0 aromatic rings. The maximum Gasteiger partial charge on any atom is 0.178 e. The van der Waals surface area contributed by atoms with Gasteiger partial charge in [0.25, 0.3) is 0 Å². The summed E-state index contributed by atoms with van der Waals surface area (Å²) in [5, 5.41) is 10.6. The van der Waals surface area contributed by atoms with Crippen LogP contribution in [0.4, 0.5) is 0 Å². The van der Waals surface area contributed by atoms with E-state index in [2.05, 4.69) is 0 Å². The van der Waals surface area contributed by atoms with E-state index in [0.717, 1.165) is 6.54 Å². The van der Waals surface area contributed by atoms with Gasteiger partial charge in [-0.25, -0.2) is 0 Å². The highest BCUT2D eigenvalue weighted by Gasteiger charge is 2.25. The minimum absolute atomic E-state index is 0.250. The zero-order chi connectivity index (χ0) is 6.15. The molecule has 0 amide bonds. The Morgan fingerprint density at radius 3 is 2.50 bits per heavy atom. The molecule has 0 aromatic heterocycles.